The number of primary amides is 1. The molecule has 0 aliphatic carbocycles. The number of ether oxygens (including phenoxy) is 1. The first-order chi connectivity index (χ1) is 20.0. The topological polar surface area (TPSA) is 124 Å². The summed E-state index contributed by atoms with van der Waals surface area (Å²) in [6.45, 7) is 0.394. The lowest BCUT2D eigenvalue weighted by atomic mass is 10.0. The molecule has 0 saturated heterocycles. The van der Waals surface area contributed by atoms with Crippen molar-refractivity contribution in [2.75, 3.05) is 5.32 Å². The summed E-state index contributed by atoms with van der Waals surface area (Å²) in [5, 5.41) is 5.61. The van der Waals surface area contributed by atoms with Crippen LogP contribution in [0.15, 0.2) is 126 Å². The Morgan fingerprint density at radius 2 is 1.54 bits per heavy atom. The van der Waals surface area contributed by atoms with E-state index in [0.29, 0.717) is 34.9 Å². The van der Waals surface area contributed by atoms with Gasteiger partial charge in [-0.15, -0.1) is 0 Å². The number of rotatable bonds is 10. The molecule has 1 atom stereocenters. The number of amides is 3. The highest BCUT2D eigenvalue weighted by molar-refractivity contribution is 6.02. The summed E-state index contributed by atoms with van der Waals surface area (Å²) >= 11 is 0. The van der Waals surface area contributed by atoms with E-state index >= 15 is 0 Å². The van der Waals surface area contributed by atoms with Crippen LogP contribution in [-0.2, 0) is 11.4 Å². The monoisotopic (exact) mass is 545 g/mol. The molecule has 8 nitrogen and oxygen atoms in total. The smallest absolute Gasteiger partial charge is 0.252 e. The third kappa shape index (κ3) is 6.88. The summed E-state index contributed by atoms with van der Waals surface area (Å²) in [5.41, 5.74) is 8.77. The molecule has 41 heavy (non-hydrogen) atoms. The molecule has 4 aromatic carbocycles. The molecule has 1 heterocycles. The van der Waals surface area contributed by atoms with Gasteiger partial charge < -0.3 is 25.5 Å². The quantitative estimate of drug-likeness (QED) is 0.207. The number of anilines is 1. The molecular formula is C33H27N3O5. The van der Waals surface area contributed by atoms with Crippen molar-refractivity contribution in [2.45, 2.75) is 12.6 Å². The van der Waals surface area contributed by atoms with Crippen molar-refractivity contribution in [1.82, 2.24) is 5.32 Å². The van der Waals surface area contributed by atoms with Gasteiger partial charge in [0.25, 0.3) is 11.8 Å². The first-order valence-corrected chi connectivity index (χ1v) is 12.9. The van der Waals surface area contributed by atoms with Gasteiger partial charge in [0.05, 0.1) is 6.26 Å². The lowest BCUT2D eigenvalue weighted by molar-refractivity contribution is -0.118. The standard InChI is InChI=1S/C33H27N3O5/c34-31(37)26-8-4-9-27(20-26)35-33(39)30(24-15-17-28(18-16-24)41-21-22-6-2-1-3-7-22)36-32(38)25-13-11-23(12-14-25)29-10-5-19-40-29/h1-20,30H,21H2,(H2,34,37)(H,35,39)(H,36,38)/t30-/m0/s1. The van der Waals surface area contributed by atoms with Crippen LogP contribution >= 0.6 is 0 Å². The molecule has 0 saturated carbocycles. The minimum atomic E-state index is -1.05. The van der Waals surface area contributed by atoms with E-state index in [4.69, 9.17) is 14.9 Å². The molecule has 0 aliphatic heterocycles. The lowest BCUT2D eigenvalue weighted by Gasteiger charge is -2.20. The Morgan fingerprint density at radius 3 is 2.22 bits per heavy atom. The first kappa shape index (κ1) is 27.0. The Balaban J connectivity index is 1.35. The summed E-state index contributed by atoms with van der Waals surface area (Å²) in [4.78, 5) is 38.3. The highest BCUT2D eigenvalue weighted by Crippen LogP contribution is 2.23. The Kier molecular flexibility index (Phi) is 8.21. The second-order valence-corrected chi connectivity index (χ2v) is 9.24. The SMILES string of the molecule is NC(=O)c1cccc(NC(=O)[C@@H](NC(=O)c2ccc(-c3ccco3)cc2)c2ccc(OCc3ccccc3)cc2)c1. The summed E-state index contributed by atoms with van der Waals surface area (Å²) in [7, 11) is 0. The zero-order valence-electron chi connectivity index (χ0n) is 22.0. The molecule has 5 rings (SSSR count). The van der Waals surface area contributed by atoms with Crippen LogP contribution in [-0.4, -0.2) is 17.7 Å². The molecule has 3 amide bonds. The fourth-order valence-electron chi connectivity index (χ4n) is 4.21. The highest BCUT2D eigenvalue weighted by atomic mass is 16.5. The van der Waals surface area contributed by atoms with Crippen molar-refractivity contribution in [3.8, 4) is 17.1 Å². The predicted molar refractivity (Wildman–Crippen MR) is 155 cm³/mol. The van der Waals surface area contributed by atoms with Gasteiger partial charge >= 0.3 is 0 Å². The molecule has 4 N–H and O–H groups in total. The van der Waals surface area contributed by atoms with Gasteiger partial charge in [0.2, 0.25) is 5.91 Å². The third-order valence-corrected chi connectivity index (χ3v) is 6.37. The number of hydrogen-bond acceptors (Lipinski definition) is 5. The molecule has 1 aromatic heterocycles. The van der Waals surface area contributed by atoms with Gasteiger partial charge in [-0.1, -0.05) is 60.7 Å². The van der Waals surface area contributed by atoms with E-state index < -0.39 is 23.8 Å². The van der Waals surface area contributed by atoms with Crippen LogP contribution < -0.4 is 21.1 Å². The number of nitrogens with two attached hydrogens (primary N) is 1. The van der Waals surface area contributed by atoms with Crippen LogP contribution in [0.2, 0.25) is 0 Å². The fourth-order valence-corrected chi connectivity index (χ4v) is 4.21. The van der Waals surface area contributed by atoms with Gasteiger partial charge in [0.15, 0.2) is 0 Å². The Hall–Kier alpha value is -5.63. The van der Waals surface area contributed by atoms with Gasteiger partial charge in [-0.2, -0.15) is 0 Å². The van der Waals surface area contributed by atoms with Gasteiger partial charge in [-0.3, -0.25) is 14.4 Å². The van der Waals surface area contributed by atoms with Crippen molar-refractivity contribution < 1.29 is 23.5 Å². The van der Waals surface area contributed by atoms with Crippen molar-refractivity contribution in [1.29, 1.82) is 0 Å². The van der Waals surface area contributed by atoms with Crippen LogP contribution in [0.1, 0.15) is 37.9 Å². The Bertz CT molecular complexity index is 1630. The molecule has 0 bridgehead atoms. The first-order valence-electron chi connectivity index (χ1n) is 12.9. The highest BCUT2D eigenvalue weighted by Gasteiger charge is 2.24. The normalized spacial score (nSPS) is 11.3. The molecule has 0 spiro atoms. The maximum Gasteiger partial charge on any atom is 0.252 e. The minimum Gasteiger partial charge on any atom is -0.489 e. The van der Waals surface area contributed by atoms with Crippen molar-refractivity contribution in [3.63, 3.8) is 0 Å². The summed E-state index contributed by atoms with van der Waals surface area (Å²) in [6, 6.07) is 32.4. The van der Waals surface area contributed by atoms with Gasteiger partial charge in [0, 0.05) is 22.4 Å². The maximum absolute atomic E-state index is 13.5. The number of hydrogen-bond donors (Lipinski definition) is 3. The largest absolute Gasteiger partial charge is 0.489 e. The lowest BCUT2D eigenvalue weighted by Crippen LogP contribution is -2.37. The predicted octanol–water partition coefficient (Wildman–Crippen LogP) is 5.73. The molecule has 8 heteroatoms. The molecular weight excluding hydrogens is 518 g/mol. The number of carbonyl (C=O) groups is 3. The molecule has 0 aliphatic rings. The van der Waals surface area contributed by atoms with Crippen molar-refractivity contribution in [3.05, 3.63) is 144 Å². The number of carbonyl (C=O) groups excluding carboxylic acids is 3. The van der Waals surface area contributed by atoms with Crippen LogP contribution in [0.25, 0.3) is 11.3 Å². The van der Waals surface area contributed by atoms with Crippen LogP contribution in [0.3, 0.4) is 0 Å². The van der Waals surface area contributed by atoms with E-state index in [2.05, 4.69) is 10.6 Å². The summed E-state index contributed by atoms with van der Waals surface area (Å²) < 4.78 is 11.3. The zero-order valence-corrected chi connectivity index (χ0v) is 22.0. The number of benzene rings is 4. The third-order valence-electron chi connectivity index (χ3n) is 6.37. The molecule has 204 valence electrons. The fraction of sp³-hybridized carbons (Fsp3) is 0.0606. The zero-order chi connectivity index (χ0) is 28.6. The average Bonchev–Trinajstić information content (AvgIpc) is 3.55. The summed E-state index contributed by atoms with van der Waals surface area (Å²) in [5.74, 6) is -0.251. The Morgan fingerprint density at radius 1 is 0.780 bits per heavy atom. The second-order valence-electron chi connectivity index (χ2n) is 9.24. The van der Waals surface area contributed by atoms with E-state index in [1.165, 1.54) is 6.07 Å². The minimum absolute atomic E-state index is 0.250. The van der Waals surface area contributed by atoms with Gasteiger partial charge in [0.1, 0.15) is 24.2 Å². The van der Waals surface area contributed by atoms with E-state index in [1.54, 1.807) is 79.1 Å². The van der Waals surface area contributed by atoms with Crippen LogP contribution in [0, 0.1) is 0 Å². The Labute approximate surface area is 236 Å². The van der Waals surface area contributed by atoms with Gasteiger partial charge in [-0.05, 0) is 65.7 Å². The van der Waals surface area contributed by atoms with Crippen molar-refractivity contribution >= 4 is 23.4 Å². The number of nitrogens with one attached hydrogen (secondary N) is 2. The maximum atomic E-state index is 13.5. The van der Waals surface area contributed by atoms with E-state index in [9.17, 15) is 14.4 Å². The second kappa shape index (κ2) is 12.5. The molecule has 0 unspecified atom stereocenters. The molecule has 0 fully saturated rings. The van der Waals surface area contributed by atoms with E-state index in [1.807, 2.05) is 36.4 Å². The summed E-state index contributed by atoms with van der Waals surface area (Å²) in [6.07, 6.45) is 1.58. The number of furan rings is 1. The van der Waals surface area contributed by atoms with E-state index in [0.717, 1.165) is 11.1 Å². The molecule has 0 radical (unpaired) electrons. The average molecular weight is 546 g/mol. The van der Waals surface area contributed by atoms with Crippen LogP contribution in [0.4, 0.5) is 5.69 Å². The van der Waals surface area contributed by atoms with Crippen molar-refractivity contribution in [2.24, 2.45) is 5.73 Å². The molecule has 5 aromatic rings. The van der Waals surface area contributed by atoms with Crippen LogP contribution in [0.5, 0.6) is 5.75 Å². The van der Waals surface area contributed by atoms with E-state index in [-0.39, 0.29) is 5.56 Å². The van der Waals surface area contributed by atoms with Gasteiger partial charge in [-0.25, -0.2) is 0 Å².